The van der Waals surface area contributed by atoms with Gasteiger partial charge in [-0.05, 0) is 56.3 Å². The maximum Gasteiger partial charge on any atom is 0.190 e. The molecule has 0 saturated heterocycles. The Balaban J connectivity index is 1.82. The predicted octanol–water partition coefficient (Wildman–Crippen LogP) is 2.81. The van der Waals surface area contributed by atoms with E-state index in [1.54, 1.807) is 0 Å². The van der Waals surface area contributed by atoms with Gasteiger partial charge in [0.05, 0.1) is 6.10 Å². The van der Waals surface area contributed by atoms with Crippen LogP contribution in [0.1, 0.15) is 81.1 Å². The molecule has 38 heavy (non-hydrogen) atoms. The number of allylic oxidation sites excluding steroid dienone is 1. The summed E-state index contributed by atoms with van der Waals surface area (Å²) in [6, 6.07) is 0. The van der Waals surface area contributed by atoms with Gasteiger partial charge in [-0.15, -0.1) is 0 Å². The van der Waals surface area contributed by atoms with Crippen molar-refractivity contribution in [1.82, 2.24) is 0 Å². The molecular formula is C30H44O8. The monoisotopic (exact) mass is 532 g/mol. The molecule has 3 saturated carbocycles. The summed E-state index contributed by atoms with van der Waals surface area (Å²) >= 11 is 0. The number of fused-ring (bicyclic) bond motifs is 5. The number of ketones is 3. The minimum atomic E-state index is -2.05. The summed E-state index contributed by atoms with van der Waals surface area (Å²) in [7, 11) is 0. The molecule has 212 valence electrons. The van der Waals surface area contributed by atoms with Crippen LogP contribution in [0.3, 0.4) is 0 Å². The lowest BCUT2D eigenvalue weighted by Crippen LogP contribution is -2.65. The molecule has 0 aromatic rings. The van der Waals surface area contributed by atoms with Crippen LogP contribution < -0.4 is 0 Å². The third-order valence-corrected chi connectivity index (χ3v) is 11.4. The Morgan fingerprint density at radius 1 is 1.03 bits per heavy atom. The van der Waals surface area contributed by atoms with Crippen LogP contribution in [0.5, 0.6) is 0 Å². The van der Waals surface area contributed by atoms with Crippen LogP contribution in [-0.4, -0.2) is 66.3 Å². The van der Waals surface area contributed by atoms with E-state index < -0.39 is 62.5 Å². The van der Waals surface area contributed by atoms with Gasteiger partial charge in [-0.3, -0.25) is 14.4 Å². The van der Waals surface area contributed by atoms with Crippen LogP contribution in [0.4, 0.5) is 0 Å². The molecule has 4 rings (SSSR count). The van der Waals surface area contributed by atoms with Gasteiger partial charge in [-0.1, -0.05) is 46.3 Å². The summed E-state index contributed by atoms with van der Waals surface area (Å²) in [6.45, 7) is 13.4. The fourth-order valence-corrected chi connectivity index (χ4v) is 8.96. The predicted molar refractivity (Wildman–Crippen MR) is 140 cm³/mol. The standard InChI is InChI=1S/C30H44O8/c1-25(2)15-9-10-19-27(5)13-18(32)23(30(8,38)21(34)12-20(33)26(3,4)37)28(27,6)14-22(35)29(19,7)16(15)11-17(31)24(25)36/h9,12,16,18-19,23-24,32,34,36-38H,10-11,13-14H2,1-8H3/t16-,18-,19+,23+,24+,27+,28-,29+,30+/m1/s1. The first-order valence-corrected chi connectivity index (χ1v) is 13.6. The number of hydrogen-bond donors (Lipinski definition) is 5. The van der Waals surface area contributed by atoms with E-state index in [1.165, 1.54) is 20.8 Å². The van der Waals surface area contributed by atoms with Crippen molar-refractivity contribution in [3.8, 4) is 0 Å². The molecule has 0 aliphatic heterocycles. The molecule has 5 N–H and O–H groups in total. The van der Waals surface area contributed by atoms with Crippen molar-refractivity contribution >= 4 is 17.3 Å². The first kappa shape index (κ1) is 29.1. The van der Waals surface area contributed by atoms with Gasteiger partial charge in [0.25, 0.3) is 0 Å². The Hall–Kier alpha value is -1.87. The van der Waals surface area contributed by atoms with Gasteiger partial charge in [0.1, 0.15) is 28.8 Å². The second kappa shape index (κ2) is 8.32. The van der Waals surface area contributed by atoms with E-state index >= 15 is 0 Å². The number of aliphatic hydroxyl groups is 5. The fraction of sp³-hybridized carbons (Fsp3) is 0.767. The Labute approximate surface area is 224 Å². The van der Waals surface area contributed by atoms with Crippen molar-refractivity contribution in [3.63, 3.8) is 0 Å². The van der Waals surface area contributed by atoms with Gasteiger partial charge >= 0.3 is 0 Å². The zero-order valence-electron chi connectivity index (χ0n) is 23.8. The molecule has 0 heterocycles. The summed E-state index contributed by atoms with van der Waals surface area (Å²) in [5.74, 6) is -3.40. The Morgan fingerprint density at radius 3 is 2.16 bits per heavy atom. The van der Waals surface area contributed by atoms with Gasteiger partial charge in [0.15, 0.2) is 11.6 Å². The van der Waals surface area contributed by atoms with E-state index in [4.69, 9.17) is 0 Å². The minimum absolute atomic E-state index is 0.0159. The molecule has 4 aliphatic rings. The molecule has 4 aliphatic carbocycles. The molecule has 8 heteroatoms. The maximum atomic E-state index is 14.2. The first-order chi connectivity index (χ1) is 17.1. The maximum absolute atomic E-state index is 14.2. The smallest absolute Gasteiger partial charge is 0.190 e. The topological polar surface area (TPSA) is 152 Å². The lowest BCUT2D eigenvalue weighted by molar-refractivity contribution is -0.180. The normalized spacial score (nSPS) is 44.5. The number of Topliss-reactive ketones (excluding diaryl/α,β-unsaturated/α-hetero) is 2. The van der Waals surface area contributed by atoms with Crippen LogP contribution in [0, 0.1) is 39.4 Å². The van der Waals surface area contributed by atoms with Crippen molar-refractivity contribution in [3.05, 3.63) is 23.5 Å². The third kappa shape index (κ3) is 3.59. The molecule has 8 nitrogen and oxygen atoms in total. The van der Waals surface area contributed by atoms with Crippen LogP contribution in [0.15, 0.2) is 23.5 Å². The number of rotatable bonds is 4. The lowest BCUT2D eigenvalue weighted by Gasteiger charge is -2.64. The molecule has 0 radical (unpaired) electrons. The van der Waals surface area contributed by atoms with Crippen molar-refractivity contribution in [2.24, 2.45) is 39.4 Å². The largest absolute Gasteiger partial charge is 0.509 e. The van der Waals surface area contributed by atoms with E-state index in [9.17, 15) is 39.9 Å². The van der Waals surface area contributed by atoms with E-state index in [0.29, 0.717) is 6.42 Å². The van der Waals surface area contributed by atoms with Crippen LogP contribution >= 0.6 is 0 Å². The summed E-state index contributed by atoms with van der Waals surface area (Å²) in [4.78, 5) is 39.5. The summed E-state index contributed by atoms with van der Waals surface area (Å²) in [5.41, 5.74) is -6.18. The Morgan fingerprint density at radius 2 is 1.61 bits per heavy atom. The lowest BCUT2D eigenvalue weighted by atomic mass is 9.38. The molecule has 9 atom stereocenters. The molecule has 0 spiro atoms. The summed E-state index contributed by atoms with van der Waals surface area (Å²) in [6.07, 6.45) is 1.53. The molecule has 0 aromatic heterocycles. The van der Waals surface area contributed by atoms with Crippen molar-refractivity contribution in [1.29, 1.82) is 0 Å². The van der Waals surface area contributed by atoms with Gasteiger partial charge in [0, 0.05) is 35.7 Å². The van der Waals surface area contributed by atoms with Gasteiger partial charge in [-0.25, -0.2) is 0 Å². The Kier molecular flexibility index (Phi) is 6.38. The van der Waals surface area contributed by atoms with E-state index in [1.807, 2.05) is 34.6 Å². The van der Waals surface area contributed by atoms with E-state index in [2.05, 4.69) is 6.08 Å². The second-order valence-corrected chi connectivity index (χ2v) is 14.4. The van der Waals surface area contributed by atoms with Crippen LogP contribution in [-0.2, 0) is 14.4 Å². The van der Waals surface area contributed by atoms with Crippen molar-refractivity contribution in [2.75, 3.05) is 0 Å². The van der Waals surface area contributed by atoms with E-state index in [-0.39, 0.29) is 42.7 Å². The number of aliphatic hydroxyl groups excluding tert-OH is 3. The van der Waals surface area contributed by atoms with Crippen LogP contribution in [0.2, 0.25) is 0 Å². The second-order valence-electron chi connectivity index (χ2n) is 14.4. The molecule has 0 aromatic carbocycles. The quantitative estimate of drug-likeness (QED) is 0.211. The first-order valence-electron chi connectivity index (χ1n) is 13.6. The minimum Gasteiger partial charge on any atom is -0.509 e. The molecule has 0 amide bonds. The highest BCUT2D eigenvalue weighted by molar-refractivity contribution is 5.96. The molecule has 0 unspecified atom stereocenters. The average Bonchev–Trinajstić information content (AvgIpc) is 2.97. The van der Waals surface area contributed by atoms with Gasteiger partial charge < -0.3 is 25.5 Å². The third-order valence-electron chi connectivity index (χ3n) is 11.4. The SMILES string of the molecule is CC(C)(O)C(=O)C=C(O)[C@](C)(O)[C@H]1[C@H](O)C[C@@]2(C)[C@@H]3CC=C4[C@@H](CC(=O)[C@H](O)C4(C)C)[C@]3(C)C(=O)C[C@]12C. The van der Waals surface area contributed by atoms with Crippen molar-refractivity contribution < 1.29 is 39.9 Å². The van der Waals surface area contributed by atoms with E-state index in [0.717, 1.165) is 11.6 Å². The highest BCUT2D eigenvalue weighted by atomic mass is 16.3. The highest BCUT2D eigenvalue weighted by Gasteiger charge is 2.74. The summed E-state index contributed by atoms with van der Waals surface area (Å²) < 4.78 is 0. The molecule has 0 bridgehead atoms. The van der Waals surface area contributed by atoms with Gasteiger partial charge in [-0.2, -0.15) is 0 Å². The molecular weight excluding hydrogens is 488 g/mol. The number of carbonyl (C=O) groups excluding carboxylic acids is 3. The molecule has 3 fully saturated rings. The number of hydrogen-bond acceptors (Lipinski definition) is 8. The zero-order valence-corrected chi connectivity index (χ0v) is 23.8. The van der Waals surface area contributed by atoms with Crippen LogP contribution in [0.25, 0.3) is 0 Å². The van der Waals surface area contributed by atoms with Gasteiger partial charge in [0.2, 0.25) is 0 Å². The zero-order chi connectivity index (χ0) is 29.0. The average molecular weight is 533 g/mol. The fourth-order valence-electron chi connectivity index (χ4n) is 8.96. The van der Waals surface area contributed by atoms with Crippen molar-refractivity contribution in [2.45, 2.75) is 104 Å². The number of carbonyl (C=O) groups is 3. The highest BCUT2D eigenvalue weighted by Crippen LogP contribution is 2.74. The Bertz CT molecular complexity index is 1140. The summed E-state index contributed by atoms with van der Waals surface area (Å²) in [5, 5.41) is 54.7.